The summed E-state index contributed by atoms with van der Waals surface area (Å²) in [6, 6.07) is 11.7. The van der Waals surface area contributed by atoms with Crippen molar-refractivity contribution in [1.29, 1.82) is 0 Å². The highest BCUT2D eigenvalue weighted by Gasteiger charge is 2.31. The van der Waals surface area contributed by atoms with Gasteiger partial charge in [0.25, 0.3) is 5.91 Å². The number of piperazine rings is 1. The SMILES string of the molecule is Cc1nc(Nc2ccccn2)cc(N2CCN(C(=O)c3ccc(C(F)(F)F)cc3)CC2)n1. The number of carbonyl (C=O) groups excluding carboxylic acids is 1. The van der Waals surface area contributed by atoms with Crippen LogP contribution in [-0.4, -0.2) is 51.9 Å². The Morgan fingerprint density at radius 1 is 0.969 bits per heavy atom. The van der Waals surface area contributed by atoms with Gasteiger partial charge in [-0.25, -0.2) is 15.0 Å². The molecule has 32 heavy (non-hydrogen) atoms. The predicted octanol–water partition coefficient (Wildman–Crippen LogP) is 3.90. The van der Waals surface area contributed by atoms with Crippen molar-refractivity contribution >= 4 is 23.4 Å². The van der Waals surface area contributed by atoms with Crippen LogP contribution in [0.4, 0.5) is 30.6 Å². The first-order valence-corrected chi connectivity index (χ1v) is 10.0. The number of hydrogen-bond donors (Lipinski definition) is 1. The molecule has 3 heterocycles. The quantitative estimate of drug-likeness (QED) is 0.661. The predicted molar refractivity (Wildman–Crippen MR) is 114 cm³/mol. The van der Waals surface area contributed by atoms with Gasteiger partial charge in [-0.3, -0.25) is 4.79 Å². The first kappa shape index (κ1) is 21.5. The average Bonchev–Trinajstić information content (AvgIpc) is 2.78. The van der Waals surface area contributed by atoms with Crippen molar-refractivity contribution in [3.63, 3.8) is 0 Å². The minimum Gasteiger partial charge on any atom is -0.353 e. The van der Waals surface area contributed by atoms with Gasteiger partial charge in [0.1, 0.15) is 23.3 Å². The van der Waals surface area contributed by atoms with E-state index in [1.807, 2.05) is 24.3 Å². The van der Waals surface area contributed by atoms with Crippen LogP contribution in [0.5, 0.6) is 0 Å². The molecule has 1 saturated heterocycles. The van der Waals surface area contributed by atoms with Crippen LogP contribution in [0.25, 0.3) is 0 Å². The highest BCUT2D eigenvalue weighted by Crippen LogP contribution is 2.29. The maximum Gasteiger partial charge on any atom is 0.416 e. The van der Waals surface area contributed by atoms with Gasteiger partial charge in [0.15, 0.2) is 0 Å². The first-order chi connectivity index (χ1) is 15.3. The minimum absolute atomic E-state index is 0.242. The normalized spacial score (nSPS) is 14.4. The second kappa shape index (κ2) is 8.81. The zero-order chi connectivity index (χ0) is 22.7. The van der Waals surface area contributed by atoms with Gasteiger partial charge in [0.05, 0.1) is 5.56 Å². The summed E-state index contributed by atoms with van der Waals surface area (Å²) in [6.07, 6.45) is -2.74. The van der Waals surface area contributed by atoms with Crippen LogP contribution in [-0.2, 0) is 6.18 Å². The maximum absolute atomic E-state index is 12.7. The third-order valence-electron chi connectivity index (χ3n) is 5.10. The molecule has 1 fully saturated rings. The van der Waals surface area contributed by atoms with Crippen molar-refractivity contribution < 1.29 is 18.0 Å². The molecular weight excluding hydrogens is 421 g/mol. The molecule has 0 aliphatic carbocycles. The first-order valence-electron chi connectivity index (χ1n) is 10.0. The summed E-state index contributed by atoms with van der Waals surface area (Å²) >= 11 is 0. The van der Waals surface area contributed by atoms with Crippen molar-refractivity contribution in [2.24, 2.45) is 0 Å². The lowest BCUT2D eigenvalue weighted by Gasteiger charge is -2.35. The van der Waals surface area contributed by atoms with E-state index in [-0.39, 0.29) is 11.5 Å². The van der Waals surface area contributed by atoms with Crippen LogP contribution in [0.2, 0.25) is 0 Å². The number of benzene rings is 1. The van der Waals surface area contributed by atoms with Crippen LogP contribution < -0.4 is 10.2 Å². The monoisotopic (exact) mass is 442 g/mol. The number of amides is 1. The minimum atomic E-state index is -4.42. The molecule has 10 heteroatoms. The lowest BCUT2D eigenvalue weighted by molar-refractivity contribution is -0.137. The van der Waals surface area contributed by atoms with E-state index < -0.39 is 11.7 Å². The molecule has 0 atom stereocenters. The Morgan fingerprint density at radius 3 is 2.31 bits per heavy atom. The molecule has 2 aromatic heterocycles. The molecule has 4 rings (SSSR count). The third kappa shape index (κ3) is 4.96. The summed E-state index contributed by atoms with van der Waals surface area (Å²) in [5.41, 5.74) is -0.528. The van der Waals surface area contributed by atoms with Gasteiger partial charge in [-0.2, -0.15) is 13.2 Å². The van der Waals surface area contributed by atoms with Crippen molar-refractivity contribution in [2.45, 2.75) is 13.1 Å². The van der Waals surface area contributed by atoms with Crippen LogP contribution in [0.3, 0.4) is 0 Å². The van der Waals surface area contributed by atoms with Crippen LogP contribution in [0.15, 0.2) is 54.7 Å². The molecule has 166 valence electrons. The lowest BCUT2D eigenvalue weighted by atomic mass is 10.1. The summed E-state index contributed by atoms with van der Waals surface area (Å²) < 4.78 is 38.2. The molecule has 1 aromatic carbocycles. The number of halogens is 3. The summed E-state index contributed by atoms with van der Waals surface area (Å²) in [5.74, 6) is 2.34. The molecular formula is C22H21F3N6O. The Hall–Kier alpha value is -3.69. The van der Waals surface area contributed by atoms with E-state index >= 15 is 0 Å². The summed E-state index contributed by atoms with van der Waals surface area (Å²) in [4.78, 5) is 29.5. The van der Waals surface area contributed by atoms with Gasteiger partial charge in [-0.05, 0) is 43.3 Å². The number of hydrogen-bond acceptors (Lipinski definition) is 6. The Morgan fingerprint density at radius 2 is 1.69 bits per heavy atom. The smallest absolute Gasteiger partial charge is 0.353 e. The Labute approximate surface area is 182 Å². The number of aryl methyl sites for hydroxylation is 1. The number of alkyl halides is 3. The second-order valence-electron chi connectivity index (χ2n) is 7.35. The molecule has 3 aromatic rings. The largest absolute Gasteiger partial charge is 0.416 e. The molecule has 1 aliphatic rings. The van der Waals surface area contributed by atoms with Gasteiger partial charge < -0.3 is 15.1 Å². The maximum atomic E-state index is 12.7. The van der Waals surface area contributed by atoms with Crippen molar-refractivity contribution in [3.05, 3.63) is 71.7 Å². The molecule has 0 bridgehead atoms. The number of pyridine rings is 1. The molecule has 0 radical (unpaired) electrons. The summed E-state index contributed by atoms with van der Waals surface area (Å²) in [7, 11) is 0. The van der Waals surface area contributed by atoms with Crippen LogP contribution in [0, 0.1) is 6.92 Å². The lowest BCUT2D eigenvalue weighted by Crippen LogP contribution is -2.49. The van der Waals surface area contributed by atoms with Gasteiger partial charge in [0.2, 0.25) is 0 Å². The van der Waals surface area contributed by atoms with E-state index in [0.29, 0.717) is 43.6 Å². The highest BCUT2D eigenvalue weighted by atomic mass is 19.4. The fraction of sp³-hybridized carbons (Fsp3) is 0.273. The van der Waals surface area contributed by atoms with E-state index in [0.717, 1.165) is 18.0 Å². The molecule has 0 spiro atoms. The highest BCUT2D eigenvalue weighted by molar-refractivity contribution is 5.94. The molecule has 1 aliphatic heterocycles. The molecule has 0 saturated carbocycles. The molecule has 0 unspecified atom stereocenters. The summed E-state index contributed by atoms with van der Waals surface area (Å²) in [6.45, 7) is 3.77. The average molecular weight is 442 g/mol. The van der Waals surface area contributed by atoms with Crippen molar-refractivity contribution in [2.75, 3.05) is 36.4 Å². The van der Waals surface area contributed by atoms with Gasteiger partial charge in [0, 0.05) is 44.0 Å². The van der Waals surface area contributed by atoms with Crippen molar-refractivity contribution in [1.82, 2.24) is 19.9 Å². The molecule has 1 N–H and O–H groups in total. The number of aromatic nitrogens is 3. The van der Waals surface area contributed by atoms with Crippen LogP contribution >= 0.6 is 0 Å². The number of nitrogens with zero attached hydrogens (tertiary/aromatic N) is 5. The number of rotatable bonds is 4. The Kier molecular flexibility index (Phi) is 5.93. The third-order valence-corrected chi connectivity index (χ3v) is 5.10. The van der Waals surface area contributed by atoms with E-state index in [1.54, 1.807) is 18.0 Å². The topological polar surface area (TPSA) is 74.2 Å². The summed E-state index contributed by atoms with van der Waals surface area (Å²) in [5, 5.41) is 3.15. The van der Waals surface area contributed by atoms with Crippen LogP contribution in [0.1, 0.15) is 21.7 Å². The van der Waals surface area contributed by atoms with E-state index in [2.05, 4.69) is 25.2 Å². The van der Waals surface area contributed by atoms with Gasteiger partial charge >= 0.3 is 6.18 Å². The van der Waals surface area contributed by atoms with E-state index in [1.165, 1.54) is 12.1 Å². The fourth-order valence-corrected chi connectivity index (χ4v) is 3.47. The standard InChI is InChI=1S/C22H21F3N6O/c1-15-27-19(29-18-4-2-3-9-26-18)14-20(28-15)30-10-12-31(13-11-30)21(32)16-5-7-17(8-6-16)22(23,24)25/h2-9,14H,10-13H2,1H3,(H,26,27,28,29). The zero-order valence-corrected chi connectivity index (χ0v) is 17.3. The Balaban J connectivity index is 1.40. The molecule has 7 nitrogen and oxygen atoms in total. The van der Waals surface area contributed by atoms with E-state index in [4.69, 9.17) is 0 Å². The second-order valence-corrected chi connectivity index (χ2v) is 7.35. The van der Waals surface area contributed by atoms with E-state index in [9.17, 15) is 18.0 Å². The van der Waals surface area contributed by atoms with Gasteiger partial charge in [-0.15, -0.1) is 0 Å². The van der Waals surface area contributed by atoms with Gasteiger partial charge in [-0.1, -0.05) is 6.07 Å². The van der Waals surface area contributed by atoms with Crippen molar-refractivity contribution in [3.8, 4) is 0 Å². The number of nitrogens with one attached hydrogen (secondary N) is 1. The number of carbonyl (C=O) groups is 1. The zero-order valence-electron chi connectivity index (χ0n) is 17.3. The Bertz CT molecular complexity index is 1080. The molecule has 1 amide bonds. The fourth-order valence-electron chi connectivity index (χ4n) is 3.47. The number of anilines is 3.